The molecule has 0 aliphatic heterocycles. The maximum absolute atomic E-state index is 12.7. The fourth-order valence-corrected chi connectivity index (χ4v) is 2.42. The number of carbonyl (C=O) groups is 2. The van der Waals surface area contributed by atoms with Crippen LogP contribution in [-0.4, -0.2) is 53.3 Å². The third-order valence-electron chi connectivity index (χ3n) is 3.84. The number of benzene rings is 1. The van der Waals surface area contributed by atoms with Crippen molar-refractivity contribution in [2.24, 2.45) is 0 Å². The molecule has 5 nitrogen and oxygen atoms in total. The molecular weight excluding hydrogens is 302 g/mol. The van der Waals surface area contributed by atoms with Crippen LogP contribution in [0.15, 0.2) is 30.3 Å². The lowest BCUT2D eigenvalue weighted by Gasteiger charge is -2.30. The summed E-state index contributed by atoms with van der Waals surface area (Å²) in [4.78, 5) is 28.4. The second-order valence-corrected chi connectivity index (χ2v) is 7.23. The molecule has 5 heteroatoms. The van der Waals surface area contributed by atoms with Crippen molar-refractivity contribution in [1.82, 2.24) is 15.1 Å². The zero-order valence-electron chi connectivity index (χ0n) is 15.8. The van der Waals surface area contributed by atoms with Gasteiger partial charge in [-0.05, 0) is 47.2 Å². The average Bonchev–Trinajstić information content (AvgIpc) is 2.50. The second kappa shape index (κ2) is 8.83. The van der Waals surface area contributed by atoms with Crippen LogP contribution >= 0.6 is 0 Å². The lowest BCUT2D eigenvalue weighted by atomic mass is 10.1. The van der Waals surface area contributed by atoms with E-state index in [4.69, 9.17) is 0 Å². The van der Waals surface area contributed by atoms with Gasteiger partial charge in [0.15, 0.2) is 0 Å². The fraction of sp³-hybridized carbons (Fsp3) is 0.579. The Hall–Kier alpha value is -1.88. The number of carbonyl (C=O) groups excluding carboxylic acids is 2. The molecule has 0 fully saturated rings. The molecule has 0 aromatic heterocycles. The van der Waals surface area contributed by atoms with Gasteiger partial charge in [0, 0.05) is 18.6 Å². The van der Waals surface area contributed by atoms with E-state index in [0.717, 1.165) is 5.56 Å². The van der Waals surface area contributed by atoms with Crippen LogP contribution in [0.4, 0.5) is 0 Å². The number of nitrogens with zero attached hydrogens (tertiary/aromatic N) is 2. The van der Waals surface area contributed by atoms with Gasteiger partial charge in [0.25, 0.3) is 0 Å². The Morgan fingerprint density at radius 3 is 2.25 bits per heavy atom. The first-order chi connectivity index (χ1) is 11.1. The number of amides is 2. The van der Waals surface area contributed by atoms with Gasteiger partial charge in [-0.15, -0.1) is 0 Å². The first kappa shape index (κ1) is 20.2. The van der Waals surface area contributed by atoms with E-state index >= 15 is 0 Å². The molecule has 2 amide bonds. The Kier molecular flexibility index (Phi) is 7.42. The smallest absolute Gasteiger partial charge is 0.239 e. The number of hydrogen-bond acceptors (Lipinski definition) is 3. The van der Waals surface area contributed by atoms with E-state index < -0.39 is 0 Å². The number of likely N-dealkylation sites (N-methyl/N-ethyl adjacent to an activating group) is 2. The molecule has 0 aliphatic rings. The van der Waals surface area contributed by atoms with E-state index in [1.807, 2.05) is 69.9 Å². The van der Waals surface area contributed by atoms with Crippen molar-refractivity contribution in [3.8, 4) is 0 Å². The minimum atomic E-state index is -0.348. The van der Waals surface area contributed by atoms with E-state index in [0.29, 0.717) is 13.1 Å². The summed E-state index contributed by atoms with van der Waals surface area (Å²) < 4.78 is 0. The van der Waals surface area contributed by atoms with Crippen molar-refractivity contribution in [3.05, 3.63) is 35.9 Å². The topological polar surface area (TPSA) is 52.7 Å². The van der Waals surface area contributed by atoms with Crippen LogP contribution in [0, 0.1) is 0 Å². The van der Waals surface area contributed by atoms with E-state index in [1.54, 1.807) is 11.9 Å². The highest BCUT2D eigenvalue weighted by Crippen LogP contribution is 2.09. The molecule has 0 unspecified atom stereocenters. The van der Waals surface area contributed by atoms with E-state index in [2.05, 4.69) is 5.32 Å². The molecule has 0 bridgehead atoms. The van der Waals surface area contributed by atoms with Crippen LogP contribution in [0.5, 0.6) is 0 Å². The van der Waals surface area contributed by atoms with E-state index in [9.17, 15) is 9.59 Å². The van der Waals surface area contributed by atoms with Crippen LogP contribution in [0.2, 0.25) is 0 Å². The van der Waals surface area contributed by atoms with E-state index in [-0.39, 0.29) is 29.9 Å². The molecule has 1 aromatic rings. The van der Waals surface area contributed by atoms with Gasteiger partial charge in [-0.1, -0.05) is 30.3 Å². The molecule has 0 saturated heterocycles. The third kappa shape index (κ3) is 6.71. The summed E-state index contributed by atoms with van der Waals surface area (Å²) in [6.45, 7) is 11.1. The lowest BCUT2D eigenvalue weighted by Crippen LogP contribution is -2.50. The summed E-state index contributed by atoms with van der Waals surface area (Å²) in [6.07, 6.45) is 0. The molecule has 1 rings (SSSR count). The van der Waals surface area contributed by atoms with Crippen LogP contribution in [0.1, 0.15) is 40.2 Å². The first-order valence-corrected chi connectivity index (χ1v) is 8.48. The maximum Gasteiger partial charge on any atom is 0.239 e. The van der Waals surface area contributed by atoms with E-state index in [1.165, 1.54) is 0 Å². The Morgan fingerprint density at radius 2 is 1.75 bits per heavy atom. The molecule has 1 aromatic carbocycles. The number of rotatable bonds is 7. The zero-order chi connectivity index (χ0) is 18.3. The van der Waals surface area contributed by atoms with Crippen LogP contribution in [0.25, 0.3) is 0 Å². The molecule has 0 radical (unpaired) electrons. The zero-order valence-corrected chi connectivity index (χ0v) is 15.8. The van der Waals surface area contributed by atoms with Crippen LogP contribution in [0.3, 0.4) is 0 Å². The first-order valence-electron chi connectivity index (χ1n) is 8.48. The third-order valence-corrected chi connectivity index (χ3v) is 3.84. The Balaban J connectivity index is 2.64. The monoisotopic (exact) mass is 333 g/mol. The standard InChI is InChI=1S/C19H31N3O2/c1-7-22(13-16-11-9-8-10-12-16)18(24)15(2)21(6)14-17(23)20-19(3,4)5/h8-12,15H,7,13-14H2,1-6H3,(H,20,23)/t15-/m1/s1. The van der Waals surface area contributed by atoms with Gasteiger partial charge in [-0.25, -0.2) is 0 Å². The highest BCUT2D eigenvalue weighted by Gasteiger charge is 2.25. The number of hydrogen-bond donors (Lipinski definition) is 1. The molecule has 1 atom stereocenters. The molecular formula is C19H31N3O2. The van der Waals surface area contributed by atoms with Crippen molar-refractivity contribution in [2.45, 2.75) is 52.7 Å². The van der Waals surface area contributed by atoms with Gasteiger partial charge in [-0.2, -0.15) is 0 Å². The number of nitrogens with one attached hydrogen (secondary N) is 1. The lowest BCUT2D eigenvalue weighted by molar-refractivity contribution is -0.137. The van der Waals surface area contributed by atoms with Crippen molar-refractivity contribution < 1.29 is 9.59 Å². The van der Waals surface area contributed by atoms with Crippen LogP contribution < -0.4 is 5.32 Å². The predicted octanol–water partition coefficient (Wildman–Crippen LogP) is 2.27. The van der Waals surface area contributed by atoms with Crippen LogP contribution in [-0.2, 0) is 16.1 Å². The summed E-state index contributed by atoms with van der Waals surface area (Å²) in [5, 5.41) is 2.92. The second-order valence-electron chi connectivity index (χ2n) is 7.23. The Bertz CT molecular complexity index is 537. The van der Waals surface area contributed by atoms with Crippen molar-refractivity contribution in [1.29, 1.82) is 0 Å². The van der Waals surface area contributed by atoms with Crippen molar-refractivity contribution in [2.75, 3.05) is 20.1 Å². The van der Waals surface area contributed by atoms with Gasteiger partial charge in [0.2, 0.25) is 11.8 Å². The average molecular weight is 333 g/mol. The molecule has 0 aliphatic carbocycles. The van der Waals surface area contributed by atoms with Gasteiger partial charge in [0.05, 0.1) is 12.6 Å². The Labute approximate surface area is 146 Å². The normalized spacial score (nSPS) is 12.8. The maximum atomic E-state index is 12.7. The molecule has 0 spiro atoms. The summed E-state index contributed by atoms with van der Waals surface area (Å²) in [5.41, 5.74) is 0.835. The molecule has 134 valence electrons. The van der Waals surface area contributed by atoms with Crippen molar-refractivity contribution in [3.63, 3.8) is 0 Å². The molecule has 0 saturated carbocycles. The van der Waals surface area contributed by atoms with Gasteiger partial charge >= 0.3 is 0 Å². The van der Waals surface area contributed by atoms with Gasteiger partial charge in [-0.3, -0.25) is 14.5 Å². The van der Waals surface area contributed by atoms with Gasteiger partial charge < -0.3 is 10.2 Å². The highest BCUT2D eigenvalue weighted by atomic mass is 16.2. The van der Waals surface area contributed by atoms with Crippen molar-refractivity contribution >= 4 is 11.8 Å². The summed E-state index contributed by atoms with van der Waals surface area (Å²) in [6, 6.07) is 9.59. The fourth-order valence-electron chi connectivity index (χ4n) is 2.42. The molecule has 1 N–H and O–H groups in total. The Morgan fingerprint density at radius 1 is 1.17 bits per heavy atom. The summed E-state index contributed by atoms with van der Waals surface area (Å²) in [7, 11) is 1.81. The summed E-state index contributed by atoms with van der Waals surface area (Å²) >= 11 is 0. The molecule has 0 heterocycles. The molecule has 24 heavy (non-hydrogen) atoms. The van der Waals surface area contributed by atoms with Gasteiger partial charge in [0.1, 0.15) is 0 Å². The minimum Gasteiger partial charge on any atom is -0.350 e. The summed E-state index contributed by atoms with van der Waals surface area (Å²) in [5.74, 6) is -0.0387. The SMILES string of the molecule is CCN(Cc1ccccc1)C(=O)[C@@H](C)N(C)CC(=O)NC(C)(C)C. The quantitative estimate of drug-likeness (QED) is 0.833. The largest absolute Gasteiger partial charge is 0.350 e. The minimum absolute atomic E-state index is 0.0346. The predicted molar refractivity (Wildman–Crippen MR) is 97.5 cm³/mol. The highest BCUT2D eigenvalue weighted by molar-refractivity contribution is 5.83.